The molecule has 49 valence electrons. The second-order valence-corrected chi connectivity index (χ2v) is 5.25. The van der Waals surface area contributed by atoms with Crippen LogP contribution in [-0.2, 0) is 0 Å². The highest BCUT2D eigenvalue weighted by Gasteiger charge is 2.30. The molecular formula is C5H12O2P. The fourth-order valence-electron chi connectivity index (χ4n) is 1.11. The smallest absolute Gasteiger partial charge is 0.0960 e. The summed E-state index contributed by atoms with van der Waals surface area (Å²) in [4.78, 5) is 18.1. The van der Waals surface area contributed by atoms with Crippen molar-refractivity contribution in [3.8, 4) is 0 Å². The Kier molecular flexibility index (Phi) is 1.57. The molecule has 1 saturated heterocycles. The van der Waals surface area contributed by atoms with Crippen LogP contribution in [0.3, 0.4) is 0 Å². The summed E-state index contributed by atoms with van der Waals surface area (Å²) >= 11 is 0. The predicted molar refractivity (Wildman–Crippen MR) is 34.9 cm³/mol. The highest BCUT2D eigenvalue weighted by atomic mass is 31.2. The van der Waals surface area contributed by atoms with E-state index in [0.717, 1.165) is 6.42 Å². The number of rotatable bonds is 0. The Hall–Kier alpha value is 0.350. The van der Waals surface area contributed by atoms with Crippen molar-refractivity contribution >= 4 is 7.72 Å². The van der Waals surface area contributed by atoms with Gasteiger partial charge in [-0.25, -0.2) is 0 Å². The van der Waals surface area contributed by atoms with Crippen LogP contribution in [0.4, 0.5) is 0 Å². The van der Waals surface area contributed by atoms with Gasteiger partial charge in [0.05, 0.1) is 7.72 Å². The summed E-state index contributed by atoms with van der Waals surface area (Å²) in [6, 6.07) is 0. The molecule has 1 aliphatic heterocycles. The molecule has 2 nitrogen and oxygen atoms in total. The molecule has 1 fully saturated rings. The van der Waals surface area contributed by atoms with Crippen molar-refractivity contribution in [2.75, 3.05) is 12.3 Å². The van der Waals surface area contributed by atoms with Crippen LogP contribution >= 0.6 is 7.72 Å². The fraction of sp³-hybridized carbons (Fsp3) is 1.00. The van der Waals surface area contributed by atoms with Gasteiger partial charge in [-0.3, -0.25) is 0 Å². The second kappa shape index (κ2) is 1.94. The van der Waals surface area contributed by atoms with Crippen molar-refractivity contribution in [1.29, 1.82) is 0 Å². The molecule has 3 heteroatoms. The van der Waals surface area contributed by atoms with Crippen molar-refractivity contribution < 1.29 is 9.79 Å². The van der Waals surface area contributed by atoms with Crippen LogP contribution in [0.25, 0.3) is 0 Å². The zero-order valence-corrected chi connectivity index (χ0v) is 5.93. The zero-order valence-electron chi connectivity index (χ0n) is 5.04. The first kappa shape index (κ1) is 6.47. The van der Waals surface area contributed by atoms with E-state index in [2.05, 4.69) is 6.92 Å². The Bertz CT molecular complexity index is 92.4. The average Bonchev–Trinajstić information content (AvgIpc) is 1.82. The molecule has 8 heavy (non-hydrogen) atoms. The van der Waals surface area contributed by atoms with Gasteiger partial charge < -0.3 is 9.79 Å². The van der Waals surface area contributed by atoms with E-state index in [-0.39, 0.29) is 0 Å². The van der Waals surface area contributed by atoms with Gasteiger partial charge in [0.25, 0.3) is 0 Å². The highest BCUT2D eigenvalue weighted by molar-refractivity contribution is 7.64. The Morgan fingerprint density at radius 1 is 1.50 bits per heavy atom. The first-order valence-electron chi connectivity index (χ1n) is 2.93. The molecule has 0 aromatic heterocycles. The number of hydrogen-bond acceptors (Lipinski definition) is 2. The Morgan fingerprint density at radius 3 is 2.25 bits per heavy atom. The summed E-state index contributed by atoms with van der Waals surface area (Å²) in [5.74, 6) is 0.540. The maximum absolute atomic E-state index is 9.03. The van der Waals surface area contributed by atoms with Crippen molar-refractivity contribution in [2.45, 2.75) is 13.3 Å². The summed E-state index contributed by atoms with van der Waals surface area (Å²) in [7, 11) is -2.35. The van der Waals surface area contributed by atoms with E-state index in [4.69, 9.17) is 9.79 Å². The van der Waals surface area contributed by atoms with Crippen LogP contribution in [0.5, 0.6) is 0 Å². The van der Waals surface area contributed by atoms with E-state index in [1.54, 1.807) is 0 Å². The van der Waals surface area contributed by atoms with Crippen LogP contribution in [0.2, 0.25) is 0 Å². The van der Waals surface area contributed by atoms with E-state index >= 15 is 0 Å². The molecule has 0 saturated carbocycles. The molecule has 0 amide bonds. The SMILES string of the molecule is CC1CC[P](O)(O)C1. The molecule has 1 rings (SSSR count). The van der Waals surface area contributed by atoms with E-state index in [1.165, 1.54) is 0 Å². The third-order valence-electron chi connectivity index (χ3n) is 1.58. The monoisotopic (exact) mass is 135 g/mol. The first-order chi connectivity index (χ1) is 3.60. The quantitative estimate of drug-likeness (QED) is 0.483. The molecule has 1 atom stereocenters. The van der Waals surface area contributed by atoms with Gasteiger partial charge >= 0.3 is 0 Å². The molecule has 1 unspecified atom stereocenters. The Morgan fingerprint density at radius 2 is 2.12 bits per heavy atom. The second-order valence-electron chi connectivity index (χ2n) is 2.68. The third-order valence-corrected chi connectivity index (χ3v) is 3.77. The molecule has 0 aliphatic carbocycles. The van der Waals surface area contributed by atoms with Gasteiger partial charge in [-0.05, 0) is 12.3 Å². The van der Waals surface area contributed by atoms with Gasteiger partial charge in [-0.15, -0.1) is 0 Å². The molecule has 2 N–H and O–H groups in total. The fourth-order valence-corrected chi connectivity index (χ4v) is 3.33. The topological polar surface area (TPSA) is 40.5 Å². The molecule has 0 spiro atoms. The van der Waals surface area contributed by atoms with E-state index in [9.17, 15) is 0 Å². The predicted octanol–water partition coefficient (Wildman–Crippen LogP) is 0.858. The zero-order chi connectivity index (χ0) is 6.20. The van der Waals surface area contributed by atoms with Crippen LogP contribution in [0.15, 0.2) is 0 Å². The highest BCUT2D eigenvalue weighted by Crippen LogP contribution is 2.57. The summed E-state index contributed by atoms with van der Waals surface area (Å²) in [5.41, 5.74) is 0. The Labute approximate surface area is 50.0 Å². The summed E-state index contributed by atoms with van der Waals surface area (Å²) in [6.07, 6.45) is 2.32. The molecule has 0 aromatic carbocycles. The Balaban J connectivity index is 2.44. The molecule has 0 aromatic rings. The summed E-state index contributed by atoms with van der Waals surface area (Å²) in [6.45, 7) is 2.06. The maximum atomic E-state index is 9.03. The maximum Gasteiger partial charge on any atom is 0.0960 e. The third kappa shape index (κ3) is 1.41. The molecule has 1 aliphatic rings. The van der Waals surface area contributed by atoms with Crippen LogP contribution in [0, 0.1) is 5.92 Å². The summed E-state index contributed by atoms with van der Waals surface area (Å²) in [5, 5.41) is 0. The largest absolute Gasteiger partial charge is 0.356 e. The molecular weight excluding hydrogens is 123 g/mol. The van der Waals surface area contributed by atoms with E-state index in [1.807, 2.05) is 0 Å². The lowest BCUT2D eigenvalue weighted by Crippen LogP contribution is -1.93. The normalized spacial score (nSPS) is 35.6. The van der Waals surface area contributed by atoms with Gasteiger partial charge in [0.1, 0.15) is 0 Å². The minimum Gasteiger partial charge on any atom is -0.356 e. The van der Waals surface area contributed by atoms with Gasteiger partial charge in [0.15, 0.2) is 0 Å². The standard InChI is InChI=1S/C5H12O2P/c1-5-2-3-8(6,7)4-5/h5-7H,2-4H2,1H3. The molecule has 1 heterocycles. The first-order valence-corrected chi connectivity index (χ1v) is 4.99. The average molecular weight is 135 g/mol. The minimum absolute atomic E-state index is 0.540. The molecule has 1 radical (unpaired) electrons. The van der Waals surface area contributed by atoms with Gasteiger partial charge in [-0.2, -0.15) is 0 Å². The van der Waals surface area contributed by atoms with Crippen molar-refractivity contribution in [1.82, 2.24) is 0 Å². The van der Waals surface area contributed by atoms with Crippen LogP contribution < -0.4 is 0 Å². The van der Waals surface area contributed by atoms with Crippen molar-refractivity contribution in [3.05, 3.63) is 0 Å². The summed E-state index contributed by atoms with van der Waals surface area (Å²) < 4.78 is 0. The van der Waals surface area contributed by atoms with E-state index in [0.29, 0.717) is 18.2 Å². The molecule has 0 bridgehead atoms. The van der Waals surface area contributed by atoms with Crippen molar-refractivity contribution in [3.63, 3.8) is 0 Å². The minimum atomic E-state index is -2.35. The lowest BCUT2D eigenvalue weighted by atomic mass is 10.2. The van der Waals surface area contributed by atoms with E-state index < -0.39 is 7.72 Å². The lowest BCUT2D eigenvalue weighted by Gasteiger charge is -2.14. The number of hydrogen-bond donors (Lipinski definition) is 2. The van der Waals surface area contributed by atoms with Crippen molar-refractivity contribution in [2.24, 2.45) is 5.92 Å². The lowest BCUT2D eigenvalue weighted by molar-refractivity contribution is 0.456. The van der Waals surface area contributed by atoms with Gasteiger partial charge in [-0.1, -0.05) is 6.92 Å². The van der Waals surface area contributed by atoms with Crippen LogP contribution in [-0.4, -0.2) is 22.1 Å². The van der Waals surface area contributed by atoms with Crippen LogP contribution in [0.1, 0.15) is 13.3 Å². The van der Waals surface area contributed by atoms with Gasteiger partial charge in [0, 0.05) is 12.3 Å². The van der Waals surface area contributed by atoms with Gasteiger partial charge in [0.2, 0.25) is 0 Å².